The third kappa shape index (κ3) is 4.27. The van der Waals surface area contributed by atoms with E-state index >= 15 is 0 Å². The van der Waals surface area contributed by atoms with Crippen LogP contribution < -0.4 is 5.32 Å². The molecular weight excluding hydrogens is 378 g/mol. The predicted octanol–water partition coefficient (Wildman–Crippen LogP) is 4.61. The Bertz CT molecular complexity index is 995. The van der Waals surface area contributed by atoms with Crippen LogP contribution in [-0.2, 0) is 6.54 Å². The van der Waals surface area contributed by atoms with Crippen LogP contribution in [0.1, 0.15) is 27.9 Å². The Kier molecular flexibility index (Phi) is 5.34. The number of hydrogen-bond acceptors (Lipinski definition) is 4. The highest BCUT2D eigenvalue weighted by Gasteiger charge is 2.20. The molecule has 0 fully saturated rings. The molecule has 0 saturated heterocycles. The molecule has 0 aliphatic heterocycles. The second-order valence-corrected chi connectivity index (χ2v) is 7.77. The molecule has 27 heavy (non-hydrogen) atoms. The van der Waals surface area contributed by atoms with E-state index in [1.807, 2.05) is 24.3 Å². The van der Waals surface area contributed by atoms with Crippen molar-refractivity contribution in [2.75, 3.05) is 0 Å². The van der Waals surface area contributed by atoms with Gasteiger partial charge in [-0.2, -0.15) is 0 Å². The molecule has 0 saturated carbocycles. The molecule has 0 bridgehead atoms. The summed E-state index contributed by atoms with van der Waals surface area (Å²) in [6.07, 6.45) is 0. The van der Waals surface area contributed by atoms with Crippen LogP contribution >= 0.6 is 22.9 Å². The second kappa shape index (κ2) is 8.05. The highest BCUT2D eigenvalue weighted by atomic mass is 35.5. The molecule has 0 aliphatic rings. The van der Waals surface area contributed by atoms with Crippen molar-refractivity contribution in [2.24, 2.45) is 0 Å². The van der Waals surface area contributed by atoms with Crippen molar-refractivity contribution in [3.63, 3.8) is 0 Å². The van der Waals surface area contributed by atoms with E-state index in [4.69, 9.17) is 16.0 Å². The van der Waals surface area contributed by atoms with Gasteiger partial charge in [0.05, 0.1) is 4.88 Å². The Hall–Kier alpha value is -2.47. The minimum atomic E-state index is 0.205. The molecule has 2 N–H and O–H groups in total. The van der Waals surface area contributed by atoms with Gasteiger partial charge < -0.3 is 9.73 Å². The first-order valence-electron chi connectivity index (χ1n) is 8.70. The second-order valence-electron chi connectivity index (χ2n) is 6.35. The van der Waals surface area contributed by atoms with Crippen molar-refractivity contribution in [3.05, 3.63) is 93.0 Å². The van der Waals surface area contributed by atoms with E-state index in [-0.39, 0.29) is 6.04 Å². The summed E-state index contributed by atoms with van der Waals surface area (Å²) >= 11 is 7.69. The fourth-order valence-corrected chi connectivity index (χ4v) is 3.90. The molecule has 0 amide bonds. The van der Waals surface area contributed by atoms with Gasteiger partial charge in [0.25, 0.3) is 5.89 Å². The molecule has 2 aromatic heterocycles. The van der Waals surface area contributed by atoms with E-state index in [9.17, 15) is 0 Å². The number of halogens is 1. The SMILES string of the molecule is Cc1ccc([C@H]([NH2+]Cc2nnc(-c3ccc(Cl)cc3)o2)c2cccs2)cc1. The summed E-state index contributed by atoms with van der Waals surface area (Å²) in [5, 5.41) is 13.4. The summed E-state index contributed by atoms with van der Waals surface area (Å²) in [6, 6.07) is 20.5. The van der Waals surface area contributed by atoms with Gasteiger partial charge in [0.2, 0.25) is 5.89 Å². The molecule has 0 spiro atoms. The molecular formula is C21H19ClN3OS+. The maximum absolute atomic E-state index is 5.94. The van der Waals surface area contributed by atoms with Crippen LogP contribution in [0.2, 0.25) is 5.02 Å². The Balaban J connectivity index is 1.51. The molecule has 136 valence electrons. The molecule has 6 heteroatoms. The van der Waals surface area contributed by atoms with Gasteiger partial charge in [-0.3, -0.25) is 0 Å². The Morgan fingerprint density at radius 2 is 1.81 bits per heavy atom. The molecule has 1 atom stereocenters. The number of quaternary nitrogens is 1. The lowest BCUT2D eigenvalue weighted by atomic mass is 10.0. The van der Waals surface area contributed by atoms with Gasteiger partial charge in [-0.05, 0) is 42.6 Å². The van der Waals surface area contributed by atoms with E-state index in [0.717, 1.165) is 5.56 Å². The van der Waals surface area contributed by atoms with Crippen LogP contribution in [0.3, 0.4) is 0 Å². The third-order valence-electron chi connectivity index (χ3n) is 4.37. The number of aromatic nitrogens is 2. The monoisotopic (exact) mass is 396 g/mol. The average Bonchev–Trinajstić information content (AvgIpc) is 3.36. The summed E-state index contributed by atoms with van der Waals surface area (Å²) < 4.78 is 5.84. The summed E-state index contributed by atoms with van der Waals surface area (Å²) in [5.41, 5.74) is 3.39. The molecule has 4 nitrogen and oxygen atoms in total. The van der Waals surface area contributed by atoms with Gasteiger partial charge >= 0.3 is 0 Å². The van der Waals surface area contributed by atoms with Gasteiger partial charge in [0, 0.05) is 16.1 Å². The third-order valence-corrected chi connectivity index (χ3v) is 5.58. The normalized spacial score (nSPS) is 12.2. The van der Waals surface area contributed by atoms with Crippen LogP contribution in [0, 0.1) is 6.92 Å². The van der Waals surface area contributed by atoms with Crippen LogP contribution in [0.25, 0.3) is 11.5 Å². The number of thiophene rings is 1. The molecule has 0 aliphatic carbocycles. The van der Waals surface area contributed by atoms with Crippen molar-refractivity contribution in [3.8, 4) is 11.5 Å². The largest absolute Gasteiger partial charge is 0.415 e. The number of nitrogens with two attached hydrogens (primary N) is 1. The van der Waals surface area contributed by atoms with Gasteiger partial charge in [-0.15, -0.1) is 21.5 Å². The van der Waals surface area contributed by atoms with Gasteiger partial charge in [-0.25, -0.2) is 0 Å². The first-order chi connectivity index (χ1) is 13.2. The molecule has 0 radical (unpaired) electrons. The standard InChI is InChI=1S/C21H18ClN3OS/c1-14-4-6-15(7-5-14)20(18-3-2-12-27-18)23-13-19-24-25-21(26-19)16-8-10-17(22)11-9-16/h2-12,20,23H,13H2,1H3/p+1/t20-/m0/s1. The molecule has 2 heterocycles. The average molecular weight is 397 g/mol. The topological polar surface area (TPSA) is 55.5 Å². The highest BCUT2D eigenvalue weighted by Crippen LogP contribution is 2.24. The lowest BCUT2D eigenvalue weighted by Crippen LogP contribution is -2.83. The van der Waals surface area contributed by atoms with Crippen LogP contribution in [0.5, 0.6) is 0 Å². The minimum Gasteiger partial charge on any atom is -0.415 e. The van der Waals surface area contributed by atoms with Crippen molar-refractivity contribution in [1.29, 1.82) is 0 Å². The summed E-state index contributed by atoms with van der Waals surface area (Å²) in [5.74, 6) is 1.12. The van der Waals surface area contributed by atoms with Gasteiger partial charge in [-0.1, -0.05) is 47.5 Å². The predicted molar refractivity (Wildman–Crippen MR) is 108 cm³/mol. The van der Waals surface area contributed by atoms with Crippen molar-refractivity contribution in [2.45, 2.75) is 19.5 Å². The zero-order valence-electron chi connectivity index (χ0n) is 14.8. The van der Waals surface area contributed by atoms with E-state index in [1.165, 1.54) is 16.0 Å². The van der Waals surface area contributed by atoms with Crippen LogP contribution in [0.4, 0.5) is 0 Å². The maximum Gasteiger partial charge on any atom is 0.271 e. The van der Waals surface area contributed by atoms with Crippen LogP contribution in [0.15, 0.2) is 70.5 Å². The number of hydrogen-bond donors (Lipinski definition) is 1. The Labute approximate surface area is 166 Å². The van der Waals surface area contributed by atoms with Crippen molar-refractivity contribution >= 4 is 22.9 Å². The first kappa shape index (κ1) is 17.9. The molecule has 2 aromatic carbocycles. The van der Waals surface area contributed by atoms with Gasteiger partial charge in [0.15, 0.2) is 6.54 Å². The molecule has 4 rings (SSSR count). The highest BCUT2D eigenvalue weighted by molar-refractivity contribution is 7.10. The van der Waals surface area contributed by atoms with E-state index in [2.05, 4.69) is 64.2 Å². The van der Waals surface area contributed by atoms with Crippen molar-refractivity contribution < 1.29 is 9.73 Å². The number of nitrogens with zero attached hydrogens (tertiary/aromatic N) is 2. The summed E-state index contributed by atoms with van der Waals surface area (Å²) in [6.45, 7) is 2.71. The Morgan fingerprint density at radius 1 is 1.04 bits per heavy atom. The molecule has 0 unspecified atom stereocenters. The first-order valence-corrected chi connectivity index (χ1v) is 9.96. The zero-order valence-corrected chi connectivity index (χ0v) is 16.4. The summed E-state index contributed by atoms with van der Waals surface area (Å²) in [7, 11) is 0. The number of aryl methyl sites for hydroxylation is 1. The summed E-state index contributed by atoms with van der Waals surface area (Å²) in [4.78, 5) is 1.30. The van der Waals surface area contributed by atoms with E-state index in [0.29, 0.717) is 23.3 Å². The van der Waals surface area contributed by atoms with Crippen molar-refractivity contribution in [1.82, 2.24) is 10.2 Å². The molecule has 4 aromatic rings. The van der Waals surface area contributed by atoms with Crippen LogP contribution in [-0.4, -0.2) is 10.2 Å². The fourth-order valence-electron chi connectivity index (χ4n) is 2.92. The lowest BCUT2D eigenvalue weighted by Gasteiger charge is -2.14. The quantitative estimate of drug-likeness (QED) is 0.517. The maximum atomic E-state index is 5.94. The fraction of sp³-hybridized carbons (Fsp3) is 0.143. The van der Waals surface area contributed by atoms with E-state index < -0.39 is 0 Å². The van der Waals surface area contributed by atoms with E-state index in [1.54, 1.807) is 11.3 Å². The zero-order chi connectivity index (χ0) is 18.6. The Morgan fingerprint density at radius 3 is 2.52 bits per heavy atom. The minimum absolute atomic E-state index is 0.205. The number of benzene rings is 2. The van der Waals surface area contributed by atoms with Gasteiger partial charge in [0.1, 0.15) is 6.04 Å². The lowest BCUT2D eigenvalue weighted by molar-refractivity contribution is -0.703. The number of rotatable bonds is 6. The smallest absolute Gasteiger partial charge is 0.271 e.